The zero-order chi connectivity index (χ0) is 14.9. The molecule has 2 fully saturated rings. The van der Waals surface area contributed by atoms with E-state index >= 15 is 0 Å². The summed E-state index contributed by atoms with van der Waals surface area (Å²) < 4.78 is 0. The Morgan fingerprint density at radius 1 is 1.00 bits per heavy atom. The highest BCUT2D eigenvalue weighted by atomic mass is 15.2. The van der Waals surface area contributed by atoms with Gasteiger partial charge in [-0.1, -0.05) is 24.3 Å². The van der Waals surface area contributed by atoms with Crippen molar-refractivity contribution in [3.63, 3.8) is 0 Å². The van der Waals surface area contributed by atoms with Crippen LogP contribution in [0.25, 0.3) is 0 Å². The van der Waals surface area contributed by atoms with Gasteiger partial charge in [-0.3, -0.25) is 4.90 Å². The van der Waals surface area contributed by atoms with Gasteiger partial charge in [-0.05, 0) is 63.5 Å². The molecule has 1 saturated carbocycles. The Hall–Kier alpha value is -0.860. The summed E-state index contributed by atoms with van der Waals surface area (Å²) in [6.07, 6.45) is 5.34. The molecule has 0 spiro atoms. The molecule has 0 amide bonds. The number of nitrogens with one attached hydrogen (secondary N) is 1. The average molecular weight is 286 g/mol. The molecule has 1 aromatic carbocycles. The molecule has 1 aliphatic heterocycles. The zero-order valence-corrected chi connectivity index (χ0v) is 13.9. The van der Waals surface area contributed by atoms with E-state index in [-0.39, 0.29) is 0 Å². The first kappa shape index (κ1) is 15.1. The van der Waals surface area contributed by atoms with Gasteiger partial charge in [-0.2, -0.15) is 0 Å². The van der Waals surface area contributed by atoms with Crippen LogP contribution in [0, 0.1) is 0 Å². The van der Waals surface area contributed by atoms with Crippen LogP contribution in [0.1, 0.15) is 63.5 Å². The van der Waals surface area contributed by atoms with Crippen LogP contribution in [0.4, 0.5) is 0 Å². The first-order chi connectivity index (χ1) is 10.0. The molecule has 3 rings (SSSR count). The van der Waals surface area contributed by atoms with Gasteiger partial charge in [-0.25, -0.2) is 0 Å². The molecule has 2 aliphatic rings. The Bertz CT molecular complexity index is 445. The second-order valence-corrected chi connectivity index (χ2v) is 7.83. The van der Waals surface area contributed by atoms with Gasteiger partial charge in [0.2, 0.25) is 0 Å². The molecular formula is C19H30N2. The number of piperidine rings is 1. The van der Waals surface area contributed by atoms with E-state index in [1.807, 2.05) is 0 Å². The van der Waals surface area contributed by atoms with E-state index in [9.17, 15) is 0 Å². The lowest BCUT2D eigenvalue weighted by molar-refractivity contribution is 0.0960. The predicted molar refractivity (Wildman–Crippen MR) is 89.6 cm³/mol. The molecule has 2 heteroatoms. The van der Waals surface area contributed by atoms with Gasteiger partial charge in [0.15, 0.2) is 0 Å². The summed E-state index contributed by atoms with van der Waals surface area (Å²) in [5, 5.41) is 3.75. The standard InChI is InChI=1S/C19H30N2/c1-19(2,3)21-12-10-18(11-13-21)20-14-15-4-6-16(7-5-15)17-8-9-17/h4-7,17-18,20H,8-14H2,1-3H3. The highest BCUT2D eigenvalue weighted by Crippen LogP contribution is 2.39. The highest BCUT2D eigenvalue weighted by Gasteiger charge is 2.26. The third-order valence-corrected chi connectivity index (χ3v) is 5.07. The van der Waals surface area contributed by atoms with Crippen LogP contribution < -0.4 is 5.32 Å². The molecule has 2 nitrogen and oxygen atoms in total. The van der Waals surface area contributed by atoms with Gasteiger partial charge in [0.25, 0.3) is 0 Å². The third kappa shape index (κ3) is 4.08. The molecule has 1 saturated heterocycles. The molecule has 0 aromatic heterocycles. The van der Waals surface area contributed by atoms with Crippen LogP contribution in [0.2, 0.25) is 0 Å². The van der Waals surface area contributed by atoms with Crippen molar-refractivity contribution < 1.29 is 0 Å². The summed E-state index contributed by atoms with van der Waals surface area (Å²) in [7, 11) is 0. The number of rotatable bonds is 4. The maximum atomic E-state index is 3.75. The SMILES string of the molecule is CC(C)(C)N1CCC(NCc2ccc(C3CC3)cc2)CC1. The molecule has 1 aromatic rings. The van der Waals surface area contributed by atoms with Gasteiger partial charge < -0.3 is 5.32 Å². The minimum absolute atomic E-state index is 0.323. The second-order valence-electron chi connectivity index (χ2n) is 7.83. The molecule has 0 atom stereocenters. The fourth-order valence-electron chi connectivity index (χ4n) is 3.34. The molecule has 0 unspecified atom stereocenters. The Morgan fingerprint density at radius 2 is 1.62 bits per heavy atom. The van der Waals surface area contributed by atoms with Crippen molar-refractivity contribution in [1.29, 1.82) is 0 Å². The maximum Gasteiger partial charge on any atom is 0.0208 e. The monoisotopic (exact) mass is 286 g/mol. The van der Waals surface area contributed by atoms with Crippen LogP contribution in [0.5, 0.6) is 0 Å². The Balaban J connectivity index is 1.43. The molecule has 1 heterocycles. The molecule has 116 valence electrons. The van der Waals surface area contributed by atoms with E-state index in [0.29, 0.717) is 11.6 Å². The van der Waals surface area contributed by atoms with E-state index in [1.165, 1.54) is 49.9 Å². The molecule has 0 bridgehead atoms. The van der Waals surface area contributed by atoms with E-state index in [4.69, 9.17) is 0 Å². The first-order valence-electron chi connectivity index (χ1n) is 8.59. The average Bonchev–Trinajstić information content (AvgIpc) is 3.30. The van der Waals surface area contributed by atoms with E-state index in [1.54, 1.807) is 0 Å². The summed E-state index contributed by atoms with van der Waals surface area (Å²) in [4.78, 5) is 2.61. The summed E-state index contributed by atoms with van der Waals surface area (Å²) in [5.74, 6) is 0.869. The molecule has 0 radical (unpaired) electrons. The quantitative estimate of drug-likeness (QED) is 0.902. The minimum Gasteiger partial charge on any atom is -0.310 e. The number of hydrogen-bond donors (Lipinski definition) is 1. The van der Waals surface area contributed by atoms with Gasteiger partial charge in [-0.15, -0.1) is 0 Å². The second kappa shape index (κ2) is 6.10. The van der Waals surface area contributed by atoms with E-state index in [2.05, 4.69) is 55.3 Å². The van der Waals surface area contributed by atoms with Crippen molar-refractivity contribution in [1.82, 2.24) is 10.2 Å². The van der Waals surface area contributed by atoms with Crippen molar-refractivity contribution in [2.45, 2.75) is 70.5 Å². The fraction of sp³-hybridized carbons (Fsp3) is 0.684. The van der Waals surface area contributed by atoms with Crippen LogP contribution >= 0.6 is 0 Å². The first-order valence-corrected chi connectivity index (χ1v) is 8.59. The normalized spacial score (nSPS) is 21.7. The summed E-state index contributed by atoms with van der Waals surface area (Å²) in [5.41, 5.74) is 3.29. The van der Waals surface area contributed by atoms with Crippen LogP contribution in [0.15, 0.2) is 24.3 Å². The molecule has 1 aliphatic carbocycles. The Labute approximate surface area is 129 Å². The number of nitrogens with zero attached hydrogens (tertiary/aromatic N) is 1. The third-order valence-electron chi connectivity index (χ3n) is 5.07. The smallest absolute Gasteiger partial charge is 0.0208 e. The van der Waals surface area contributed by atoms with Crippen molar-refractivity contribution in [2.24, 2.45) is 0 Å². The number of hydrogen-bond acceptors (Lipinski definition) is 2. The maximum absolute atomic E-state index is 3.75. The summed E-state index contributed by atoms with van der Waals surface area (Å²) >= 11 is 0. The van der Waals surface area contributed by atoms with Crippen molar-refractivity contribution in [3.8, 4) is 0 Å². The lowest BCUT2D eigenvalue weighted by atomic mass is 9.98. The van der Waals surface area contributed by atoms with E-state index in [0.717, 1.165) is 12.5 Å². The largest absolute Gasteiger partial charge is 0.310 e. The molecule has 21 heavy (non-hydrogen) atoms. The van der Waals surface area contributed by atoms with Gasteiger partial charge in [0.1, 0.15) is 0 Å². The number of likely N-dealkylation sites (tertiary alicyclic amines) is 1. The topological polar surface area (TPSA) is 15.3 Å². The Kier molecular flexibility index (Phi) is 4.37. The minimum atomic E-state index is 0.323. The van der Waals surface area contributed by atoms with Gasteiger partial charge >= 0.3 is 0 Å². The lowest BCUT2D eigenvalue weighted by Gasteiger charge is -2.41. The van der Waals surface area contributed by atoms with Crippen molar-refractivity contribution >= 4 is 0 Å². The predicted octanol–water partition coefficient (Wildman–Crippen LogP) is 3.92. The summed E-state index contributed by atoms with van der Waals surface area (Å²) in [6.45, 7) is 10.4. The van der Waals surface area contributed by atoms with E-state index < -0.39 is 0 Å². The summed E-state index contributed by atoms with van der Waals surface area (Å²) in [6, 6.07) is 9.97. The van der Waals surface area contributed by atoms with Crippen molar-refractivity contribution in [3.05, 3.63) is 35.4 Å². The van der Waals surface area contributed by atoms with Gasteiger partial charge in [0, 0.05) is 31.2 Å². The van der Waals surface area contributed by atoms with Crippen molar-refractivity contribution in [2.75, 3.05) is 13.1 Å². The molecule has 1 N–H and O–H groups in total. The number of benzene rings is 1. The van der Waals surface area contributed by atoms with Crippen LogP contribution in [-0.2, 0) is 6.54 Å². The van der Waals surface area contributed by atoms with Gasteiger partial charge in [0.05, 0.1) is 0 Å². The fourth-order valence-corrected chi connectivity index (χ4v) is 3.34. The highest BCUT2D eigenvalue weighted by molar-refractivity contribution is 5.28. The molecular weight excluding hydrogens is 256 g/mol. The van der Waals surface area contributed by atoms with Crippen LogP contribution in [-0.4, -0.2) is 29.6 Å². The van der Waals surface area contributed by atoms with Crippen LogP contribution in [0.3, 0.4) is 0 Å². The zero-order valence-electron chi connectivity index (χ0n) is 13.9. The lowest BCUT2D eigenvalue weighted by Crippen LogP contribution is -2.49. The Morgan fingerprint density at radius 3 is 2.14 bits per heavy atom.